The Hall–Kier alpha value is -1.36. The Bertz CT molecular complexity index is 529. The van der Waals surface area contributed by atoms with Crippen LogP contribution in [0.2, 0.25) is 5.15 Å². The van der Waals surface area contributed by atoms with Gasteiger partial charge in [0.05, 0.1) is 0 Å². The van der Waals surface area contributed by atoms with Crippen molar-refractivity contribution in [2.24, 2.45) is 0 Å². The molecular formula is C10H12ClN5. The maximum atomic E-state index is 6.11. The van der Waals surface area contributed by atoms with Gasteiger partial charge < -0.3 is 4.90 Å². The molecule has 16 heavy (non-hydrogen) atoms. The van der Waals surface area contributed by atoms with Crippen molar-refractivity contribution in [1.29, 1.82) is 0 Å². The average Bonchev–Trinajstić information content (AvgIpc) is 2.89. The second-order valence-electron chi connectivity index (χ2n) is 4.02. The van der Waals surface area contributed by atoms with Gasteiger partial charge in [0.25, 0.3) is 5.78 Å². The lowest BCUT2D eigenvalue weighted by atomic mass is 10.3. The molecule has 1 aliphatic rings. The summed E-state index contributed by atoms with van der Waals surface area (Å²) in [6.07, 6.45) is 3.95. The third kappa shape index (κ3) is 1.35. The number of fused-ring (bicyclic) bond motifs is 1. The Kier molecular flexibility index (Phi) is 2.21. The van der Waals surface area contributed by atoms with Gasteiger partial charge in [-0.1, -0.05) is 11.6 Å². The van der Waals surface area contributed by atoms with Gasteiger partial charge in [-0.05, 0) is 19.8 Å². The molecule has 84 valence electrons. The van der Waals surface area contributed by atoms with E-state index in [0.29, 0.717) is 10.9 Å². The lowest BCUT2D eigenvalue weighted by Crippen LogP contribution is -2.22. The predicted octanol–water partition coefficient (Wildman–Crippen LogP) is 1.69. The molecule has 2 aromatic rings. The number of hydrogen-bond donors (Lipinski definition) is 0. The summed E-state index contributed by atoms with van der Waals surface area (Å²) in [4.78, 5) is 10.6. The van der Waals surface area contributed by atoms with Crippen LogP contribution in [0, 0.1) is 6.92 Å². The van der Waals surface area contributed by atoms with Crippen LogP contribution in [-0.2, 0) is 0 Å². The molecule has 5 nitrogen and oxygen atoms in total. The summed E-state index contributed by atoms with van der Waals surface area (Å²) in [7, 11) is 0. The average molecular weight is 238 g/mol. The van der Waals surface area contributed by atoms with Crippen LogP contribution in [0.1, 0.15) is 18.4 Å². The molecule has 0 atom stereocenters. The van der Waals surface area contributed by atoms with Gasteiger partial charge in [-0.3, -0.25) is 0 Å². The van der Waals surface area contributed by atoms with E-state index in [-0.39, 0.29) is 0 Å². The van der Waals surface area contributed by atoms with E-state index in [0.717, 1.165) is 24.5 Å². The van der Waals surface area contributed by atoms with Crippen LogP contribution >= 0.6 is 11.6 Å². The summed E-state index contributed by atoms with van der Waals surface area (Å²) >= 11 is 6.11. The van der Waals surface area contributed by atoms with E-state index in [4.69, 9.17) is 11.6 Å². The van der Waals surface area contributed by atoms with Gasteiger partial charge in [0.15, 0.2) is 0 Å². The smallest absolute Gasteiger partial charge is 0.255 e. The van der Waals surface area contributed by atoms with Crippen LogP contribution in [-0.4, -0.2) is 32.7 Å². The predicted molar refractivity (Wildman–Crippen MR) is 62.0 cm³/mol. The van der Waals surface area contributed by atoms with E-state index in [2.05, 4.69) is 20.0 Å². The van der Waals surface area contributed by atoms with Crippen molar-refractivity contribution in [3.05, 3.63) is 17.0 Å². The van der Waals surface area contributed by atoms with Crippen molar-refractivity contribution in [3.63, 3.8) is 0 Å². The Morgan fingerprint density at radius 1 is 1.31 bits per heavy atom. The number of anilines is 1. The van der Waals surface area contributed by atoms with E-state index in [1.807, 2.05) is 6.92 Å². The topological polar surface area (TPSA) is 46.3 Å². The van der Waals surface area contributed by atoms with Gasteiger partial charge in [0.2, 0.25) is 0 Å². The third-order valence-corrected chi connectivity index (χ3v) is 3.35. The van der Waals surface area contributed by atoms with Crippen molar-refractivity contribution in [2.75, 3.05) is 18.0 Å². The number of aromatic nitrogens is 4. The minimum Gasteiger partial charge on any atom is -0.356 e. The lowest BCUT2D eigenvalue weighted by Gasteiger charge is -2.20. The molecule has 0 N–H and O–H groups in total. The lowest BCUT2D eigenvalue weighted by molar-refractivity contribution is 0.841. The van der Waals surface area contributed by atoms with E-state index < -0.39 is 0 Å². The molecule has 6 heteroatoms. The molecule has 2 aromatic heterocycles. The molecule has 0 amide bonds. The van der Waals surface area contributed by atoms with Crippen LogP contribution in [0.3, 0.4) is 0 Å². The minimum absolute atomic E-state index is 0.516. The monoisotopic (exact) mass is 237 g/mol. The summed E-state index contributed by atoms with van der Waals surface area (Å²) in [5, 5.41) is 4.72. The van der Waals surface area contributed by atoms with Gasteiger partial charge in [0, 0.05) is 18.7 Å². The highest BCUT2D eigenvalue weighted by Gasteiger charge is 2.20. The fourth-order valence-corrected chi connectivity index (χ4v) is 2.34. The molecule has 0 radical (unpaired) electrons. The maximum absolute atomic E-state index is 6.11. The van der Waals surface area contributed by atoms with Crippen molar-refractivity contribution < 1.29 is 0 Å². The number of rotatable bonds is 1. The zero-order chi connectivity index (χ0) is 11.1. The van der Waals surface area contributed by atoms with Gasteiger partial charge in [0.1, 0.15) is 17.3 Å². The first kappa shape index (κ1) is 9.84. The molecule has 0 spiro atoms. The Morgan fingerprint density at radius 3 is 2.81 bits per heavy atom. The van der Waals surface area contributed by atoms with Gasteiger partial charge in [-0.25, -0.2) is 0 Å². The van der Waals surface area contributed by atoms with E-state index in [1.165, 1.54) is 19.2 Å². The highest BCUT2D eigenvalue weighted by molar-refractivity contribution is 6.30. The van der Waals surface area contributed by atoms with Crippen LogP contribution in [0.25, 0.3) is 5.78 Å². The van der Waals surface area contributed by atoms with Crippen LogP contribution < -0.4 is 4.90 Å². The maximum Gasteiger partial charge on any atom is 0.255 e. The molecule has 1 saturated heterocycles. The van der Waals surface area contributed by atoms with Gasteiger partial charge in [-0.2, -0.15) is 19.6 Å². The fourth-order valence-electron chi connectivity index (χ4n) is 2.18. The molecular weight excluding hydrogens is 226 g/mol. The first-order valence-electron chi connectivity index (χ1n) is 5.38. The normalized spacial score (nSPS) is 16.2. The first-order chi connectivity index (χ1) is 7.77. The van der Waals surface area contributed by atoms with Gasteiger partial charge >= 0.3 is 0 Å². The van der Waals surface area contributed by atoms with E-state index in [1.54, 1.807) is 4.52 Å². The quantitative estimate of drug-likeness (QED) is 0.708. The second-order valence-corrected chi connectivity index (χ2v) is 4.38. The van der Waals surface area contributed by atoms with Crippen molar-refractivity contribution >= 4 is 23.2 Å². The molecule has 0 unspecified atom stereocenters. The number of nitrogens with zero attached hydrogens (tertiary/aromatic N) is 5. The largest absolute Gasteiger partial charge is 0.356 e. The minimum atomic E-state index is 0.516. The number of halogens is 1. The summed E-state index contributed by atoms with van der Waals surface area (Å²) < 4.78 is 1.77. The summed E-state index contributed by atoms with van der Waals surface area (Å²) in [6, 6.07) is 0. The van der Waals surface area contributed by atoms with Crippen molar-refractivity contribution in [3.8, 4) is 0 Å². The Labute approximate surface area is 98.1 Å². The SMILES string of the molecule is Cc1c(Cl)nc2ncnn2c1N1CCCC1. The summed E-state index contributed by atoms with van der Waals surface area (Å²) in [6.45, 7) is 4.08. The molecule has 0 aliphatic carbocycles. The van der Waals surface area contributed by atoms with Gasteiger partial charge in [-0.15, -0.1) is 0 Å². The highest BCUT2D eigenvalue weighted by atomic mass is 35.5. The molecule has 3 heterocycles. The van der Waals surface area contributed by atoms with Crippen molar-refractivity contribution in [2.45, 2.75) is 19.8 Å². The first-order valence-corrected chi connectivity index (χ1v) is 5.76. The third-order valence-electron chi connectivity index (χ3n) is 2.98. The highest BCUT2D eigenvalue weighted by Crippen LogP contribution is 2.27. The standard InChI is InChI=1S/C10H12ClN5/c1-7-8(11)14-10-12-6-13-16(10)9(7)15-4-2-3-5-15/h6H,2-5H2,1H3. The Morgan fingerprint density at radius 2 is 2.06 bits per heavy atom. The van der Waals surface area contributed by atoms with Crippen LogP contribution in [0.4, 0.5) is 5.82 Å². The Balaban J connectivity index is 2.26. The molecule has 3 rings (SSSR count). The molecule has 0 aromatic carbocycles. The zero-order valence-electron chi connectivity index (χ0n) is 9.02. The molecule has 1 aliphatic heterocycles. The number of hydrogen-bond acceptors (Lipinski definition) is 4. The van der Waals surface area contributed by atoms with Crippen molar-refractivity contribution in [1.82, 2.24) is 19.6 Å². The van der Waals surface area contributed by atoms with Crippen LogP contribution in [0.15, 0.2) is 6.33 Å². The van der Waals surface area contributed by atoms with Crippen LogP contribution in [0.5, 0.6) is 0 Å². The summed E-state index contributed by atoms with van der Waals surface area (Å²) in [5.41, 5.74) is 0.974. The van der Waals surface area contributed by atoms with E-state index >= 15 is 0 Å². The summed E-state index contributed by atoms with van der Waals surface area (Å²) in [5.74, 6) is 1.60. The molecule has 1 fully saturated rings. The zero-order valence-corrected chi connectivity index (χ0v) is 9.78. The second kappa shape index (κ2) is 3.59. The molecule has 0 saturated carbocycles. The molecule has 0 bridgehead atoms. The fraction of sp³-hybridized carbons (Fsp3) is 0.500. The van der Waals surface area contributed by atoms with E-state index in [9.17, 15) is 0 Å².